The summed E-state index contributed by atoms with van der Waals surface area (Å²) in [5.74, 6) is 1.89. The fourth-order valence-electron chi connectivity index (χ4n) is 3.57. The van der Waals surface area contributed by atoms with Gasteiger partial charge in [-0.15, -0.1) is 6.58 Å². The summed E-state index contributed by atoms with van der Waals surface area (Å²) in [4.78, 5) is 14.3. The third kappa shape index (κ3) is 7.36. The average molecular weight is 451 g/mol. The minimum atomic E-state index is -1.22. The van der Waals surface area contributed by atoms with E-state index in [1.54, 1.807) is 13.0 Å². The molecular weight excluding hydrogens is 405 g/mol. The van der Waals surface area contributed by atoms with E-state index in [0.717, 1.165) is 19.3 Å². The van der Waals surface area contributed by atoms with Crippen LogP contribution in [0.1, 0.15) is 88.5 Å². The molecule has 0 radical (unpaired) electrons. The summed E-state index contributed by atoms with van der Waals surface area (Å²) in [6, 6.07) is 0. The van der Waals surface area contributed by atoms with Crippen LogP contribution in [0.15, 0.2) is 24.7 Å². The molecule has 32 heavy (non-hydrogen) atoms. The minimum Gasteiger partial charge on any atom is -0.444 e. The lowest BCUT2D eigenvalue weighted by Crippen LogP contribution is -2.53. The van der Waals surface area contributed by atoms with E-state index in [9.17, 15) is 9.90 Å². The Morgan fingerprint density at radius 1 is 1.12 bits per heavy atom. The number of nitrogens with zero attached hydrogens (tertiary/aromatic N) is 1. The van der Waals surface area contributed by atoms with Crippen molar-refractivity contribution in [3.63, 3.8) is 0 Å². The predicted molar refractivity (Wildman–Crippen MR) is 131 cm³/mol. The molecule has 0 saturated carbocycles. The quantitative estimate of drug-likeness (QED) is 0.349. The van der Waals surface area contributed by atoms with Crippen LogP contribution in [-0.2, 0) is 14.0 Å². The fourth-order valence-corrected chi connectivity index (χ4v) is 3.57. The van der Waals surface area contributed by atoms with E-state index in [-0.39, 0.29) is 13.1 Å². The number of carbonyl (C=O) groups excluding carboxylic acids is 1. The second-order valence-electron chi connectivity index (χ2n) is 11.4. The van der Waals surface area contributed by atoms with Crippen molar-refractivity contribution in [2.75, 3.05) is 13.1 Å². The molecule has 0 aromatic rings. The average Bonchev–Trinajstić information content (AvgIpc) is 2.83. The summed E-state index contributed by atoms with van der Waals surface area (Å²) in [7, 11) is -0.494. The second kappa shape index (κ2) is 10.3. The number of amides is 1. The van der Waals surface area contributed by atoms with Gasteiger partial charge in [-0.25, -0.2) is 4.79 Å². The van der Waals surface area contributed by atoms with Crippen molar-refractivity contribution < 1.29 is 23.9 Å². The van der Waals surface area contributed by atoms with Gasteiger partial charge in [0.15, 0.2) is 0 Å². The number of carbonyl (C=O) groups is 1. The molecule has 0 spiro atoms. The number of hydrogen-bond acceptors (Lipinski definition) is 5. The molecular formula is C25H46BNO5. The largest absolute Gasteiger partial charge is 0.486 e. The van der Waals surface area contributed by atoms with Crippen LogP contribution < -0.4 is 0 Å². The van der Waals surface area contributed by atoms with Gasteiger partial charge in [-0.1, -0.05) is 44.8 Å². The first-order valence-corrected chi connectivity index (χ1v) is 11.8. The highest BCUT2D eigenvalue weighted by Gasteiger charge is 2.51. The van der Waals surface area contributed by atoms with Crippen LogP contribution in [0.25, 0.3) is 0 Å². The molecule has 1 heterocycles. The Morgan fingerprint density at radius 2 is 1.66 bits per heavy atom. The minimum absolute atomic E-state index is 0.113. The van der Waals surface area contributed by atoms with Crippen molar-refractivity contribution in [1.29, 1.82) is 0 Å². The van der Waals surface area contributed by atoms with E-state index >= 15 is 0 Å². The van der Waals surface area contributed by atoms with Gasteiger partial charge in [-0.05, 0) is 61.8 Å². The maximum atomic E-state index is 12.8. The number of aliphatic hydroxyl groups is 1. The monoisotopic (exact) mass is 451 g/mol. The molecule has 7 heteroatoms. The molecule has 1 fully saturated rings. The lowest BCUT2D eigenvalue weighted by molar-refractivity contribution is -0.0653. The highest BCUT2D eigenvalue weighted by molar-refractivity contribution is 6.51. The molecule has 0 unspecified atom stereocenters. The molecule has 0 aromatic heterocycles. The lowest BCUT2D eigenvalue weighted by Gasteiger charge is -2.44. The van der Waals surface area contributed by atoms with Crippen molar-refractivity contribution in [3.05, 3.63) is 24.7 Å². The van der Waals surface area contributed by atoms with Crippen LogP contribution in [-0.4, -0.2) is 58.7 Å². The summed E-state index contributed by atoms with van der Waals surface area (Å²) in [6.45, 7) is 23.6. The Balaban J connectivity index is 3.15. The van der Waals surface area contributed by atoms with Crippen LogP contribution in [0.4, 0.5) is 4.79 Å². The van der Waals surface area contributed by atoms with E-state index in [1.807, 2.05) is 67.4 Å². The van der Waals surface area contributed by atoms with E-state index < -0.39 is 41.0 Å². The third-order valence-electron chi connectivity index (χ3n) is 6.67. The standard InChI is InChI=1S/C25H46BNO5/c1-12-14-15-24(10,16-17-26-31-22(6,7)23(8,9)32-26)25(11,29)19-27(18-13-2)20(28)30-21(3,4)5/h13,16-17,29H,2,12,14-15,18-19H2,1,3-11H3/b17-16+/t24-,25+/m0/s1. The Hall–Kier alpha value is -1.31. The smallest absolute Gasteiger partial charge is 0.444 e. The molecule has 1 aliphatic heterocycles. The fraction of sp³-hybridized carbons (Fsp3) is 0.800. The van der Waals surface area contributed by atoms with E-state index in [2.05, 4.69) is 13.5 Å². The maximum Gasteiger partial charge on any atom is 0.486 e. The highest BCUT2D eigenvalue weighted by atomic mass is 16.7. The van der Waals surface area contributed by atoms with Gasteiger partial charge in [0.1, 0.15) is 5.60 Å². The first kappa shape index (κ1) is 28.7. The maximum absolute atomic E-state index is 12.8. The first-order valence-electron chi connectivity index (χ1n) is 11.8. The van der Waals surface area contributed by atoms with Gasteiger partial charge in [-0.3, -0.25) is 0 Å². The van der Waals surface area contributed by atoms with Crippen LogP contribution >= 0.6 is 0 Å². The Kier molecular flexibility index (Phi) is 9.26. The summed E-state index contributed by atoms with van der Waals surface area (Å²) in [5, 5.41) is 11.7. The normalized spacial score (nSPS) is 21.8. The Morgan fingerprint density at radius 3 is 2.09 bits per heavy atom. The topological polar surface area (TPSA) is 68.2 Å². The Bertz CT molecular complexity index is 664. The van der Waals surface area contributed by atoms with Gasteiger partial charge in [-0.2, -0.15) is 0 Å². The molecule has 184 valence electrons. The lowest BCUT2D eigenvalue weighted by atomic mass is 9.68. The van der Waals surface area contributed by atoms with Crippen LogP contribution in [0.3, 0.4) is 0 Å². The highest BCUT2D eigenvalue weighted by Crippen LogP contribution is 2.41. The first-order chi connectivity index (χ1) is 14.4. The zero-order chi connectivity index (χ0) is 25.0. The van der Waals surface area contributed by atoms with Gasteiger partial charge in [0.05, 0.1) is 23.3 Å². The molecule has 1 amide bonds. The van der Waals surface area contributed by atoms with Gasteiger partial charge in [0.25, 0.3) is 0 Å². The SMILES string of the molecule is C=CCN(C[C@@](C)(O)[C@](C)(/C=C/B1OC(C)(C)C(C)(C)O1)CCCC)C(=O)OC(C)(C)C. The van der Waals surface area contributed by atoms with Gasteiger partial charge in [0, 0.05) is 12.0 Å². The number of unbranched alkanes of at least 4 members (excludes halogenated alkanes) is 1. The van der Waals surface area contributed by atoms with Crippen molar-refractivity contribution in [1.82, 2.24) is 4.90 Å². The van der Waals surface area contributed by atoms with Crippen LogP contribution in [0.5, 0.6) is 0 Å². The molecule has 1 aliphatic rings. The summed E-state index contributed by atoms with van der Waals surface area (Å²) in [6.07, 6.45) is 5.86. The molecule has 1 saturated heterocycles. The van der Waals surface area contributed by atoms with Crippen LogP contribution in [0.2, 0.25) is 0 Å². The van der Waals surface area contributed by atoms with Crippen molar-refractivity contribution in [3.8, 4) is 0 Å². The number of hydrogen-bond donors (Lipinski definition) is 1. The van der Waals surface area contributed by atoms with Gasteiger partial charge < -0.3 is 24.1 Å². The summed E-state index contributed by atoms with van der Waals surface area (Å²) >= 11 is 0. The van der Waals surface area contributed by atoms with Crippen molar-refractivity contribution >= 4 is 13.2 Å². The molecule has 0 aromatic carbocycles. The summed E-state index contributed by atoms with van der Waals surface area (Å²) < 4.78 is 17.8. The van der Waals surface area contributed by atoms with E-state index in [0.29, 0.717) is 0 Å². The van der Waals surface area contributed by atoms with Gasteiger partial charge >= 0.3 is 13.2 Å². The molecule has 1 N–H and O–H groups in total. The predicted octanol–water partition coefficient (Wildman–Crippen LogP) is 5.54. The number of rotatable bonds is 10. The third-order valence-corrected chi connectivity index (χ3v) is 6.67. The van der Waals surface area contributed by atoms with E-state index in [4.69, 9.17) is 14.0 Å². The molecule has 1 rings (SSSR count). The van der Waals surface area contributed by atoms with Gasteiger partial charge in [0.2, 0.25) is 0 Å². The van der Waals surface area contributed by atoms with E-state index in [1.165, 1.54) is 4.90 Å². The van der Waals surface area contributed by atoms with Crippen molar-refractivity contribution in [2.45, 2.75) is 111 Å². The molecule has 6 nitrogen and oxygen atoms in total. The zero-order valence-corrected chi connectivity index (χ0v) is 22.1. The number of ether oxygens (including phenoxy) is 1. The molecule has 0 bridgehead atoms. The molecule has 2 atom stereocenters. The van der Waals surface area contributed by atoms with Crippen molar-refractivity contribution in [2.24, 2.45) is 5.41 Å². The second-order valence-corrected chi connectivity index (χ2v) is 11.4. The Labute approximate surface area is 196 Å². The van der Waals surface area contributed by atoms with Crippen LogP contribution in [0, 0.1) is 5.41 Å². The zero-order valence-electron chi connectivity index (χ0n) is 22.1. The molecule has 0 aliphatic carbocycles. The summed E-state index contributed by atoms with van der Waals surface area (Å²) in [5.41, 5.74) is -3.32.